The SMILES string of the molecule is Cc1ccnc(-c2cnn3c2CN(C(=O)Nc2ccnc(Cl)c2)C(C)C3)c1.Cc1ccnc(-c2cnn3c2CNC(C)C3)c1.Nc1ccnc(Cl)c1. The van der Waals surface area contributed by atoms with Gasteiger partial charge in [0.25, 0.3) is 0 Å². The monoisotopic (exact) mass is 738 g/mol. The van der Waals surface area contributed by atoms with Crippen molar-refractivity contribution in [1.82, 2.24) is 49.7 Å². The second-order valence-electron chi connectivity index (χ2n) is 12.8. The van der Waals surface area contributed by atoms with Crippen LogP contribution >= 0.6 is 23.2 Å². The Labute approximate surface area is 312 Å². The van der Waals surface area contributed by atoms with Crippen LogP contribution in [0.1, 0.15) is 36.4 Å². The van der Waals surface area contributed by atoms with Crippen LogP contribution in [-0.2, 0) is 26.2 Å². The molecule has 8 rings (SSSR count). The van der Waals surface area contributed by atoms with Crippen LogP contribution in [0.25, 0.3) is 22.5 Å². The number of hydrogen-bond donors (Lipinski definition) is 3. The van der Waals surface area contributed by atoms with E-state index in [1.165, 1.54) is 11.3 Å². The number of aromatic nitrogens is 8. The summed E-state index contributed by atoms with van der Waals surface area (Å²) in [6, 6.07) is 15.0. The fourth-order valence-corrected chi connectivity index (χ4v) is 6.27. The number of nitrogens with two attached hydrogens (primary N) is 1. The van der Waals surface area contributed by atoms with E-state index >= 15 is 0 Å². The van der Waals surface area contributed by atoms with Gasteiger partial charge in [-0.15, -0.1) is 0 Å². The van der Waals surface area contributed by atoms with E-state index in [9.17, 15) is 4.79 Å². The maximum atomic E-state index is 12.8. The Bertz CT molecular complexity index is 2150. The first-order valence-corrected chi connectivity index (χ1v) is 17.5. The number of hydrogen-bond acceptors (Lipinski definition) is 9. The first-order chi connectivity index (χ1) is 25.0. The van der Waals surface area contributed by atoms with Crippen molar-refractivity contribution in [1.29, 1.82) is 0 Å². The van der Waals surface area contributed by atoms with Crippen molar-refractivity contribution in [3.8, 4) is 22.5 Å². The second-order valence-corrected chi connectivity index (χ2v) is 13.6. The molecular weight excluding hydrogens is 699 g/mol. The molecule has 2 aliphatic heterocycles. The molecule has 13 nitrogen and oxygen atoms in total. The van der Waals surface area contributed by atoms with Crippen LogP contribution in [0, 0.1) is 13.8 Å². The number of halogens is 2. The minimum atomic E-state index is -0.180. The maximum Gasteiger partial charge on any atom is 0.322 e. The Morgan fingerprint density at radius 2 is 1.37 bits per heavy atom. The van der Waals surface area contributed by atoms with Crippen LogP contribution in [0.3, 0.4) is 0 Å². The lowest BCUT2D eigenvalue weighted by atomic mass is 10.1. The van der Waals surface area contributed by atoms with Gasteiger partial charge in [-0.1, -0.05) is 23.2 Å². The van der Waals surface area contributed by atoms with Crippen molar-refractivity contribution in [3.63, 3.8) is 0 Å². The summed E-state index contributed by atoms with van der Waals surface area (Å²) < 4.78 is 4.04. The molecule has 2 amide bonds. The Morgan fingerprint density at radius 3 is 1.94 bits per heavy atom. The standard InChI is InChI=1S/C19H19ClN6O.C13H16N4.C5H5ClN2/c1-12-3-5-21-16(7-12)15-9-23-26-10-13(2)25(11-17(15)26)19(27)24-14-4-6-22-18(20)8-14;1-9-3-4-14-12(5-9)11-6-16-17-8-10(2)15-7-13(11)17;6-5-3-4(7)1-2-8-5/h3-9,13H,10-11H2,1-2H3,(H,22,24,27);3-6,10,15H,7-8H2,1-2H3;1-3H,(H2,7,8). The highest BCUT2D eigenvalue weighted by Gasteiger charge is 2.30. The Hall–Kier alpha value is -5.37. The number of nitrogen functional groups attached to an aromatic ring is 1. The lowest BCUT2D eigenvalue weighted by Gasteiger charge is -2.34. The quantitative estimate of drug-likeness (QED) is 0.166. The van der Waals surface area contributed by atoms with Crippen LogP contribution in [0.2, 0.25) is 10.3 Å². The smallest absolute Gasteiger partial charge is 0.322 e. The number of aryl methyl sites for hydroxylation is 2. The summed E-state index contributed by atoms with van der Waals surface area (Å²) in [6.45, 7) is 11.2. The molecule has 52 heavy (non-hydrogen) atoms. The minimum Gasteiger partial charge on any atom is -0.399 e. The number of urea groups is 1. The lowest BCUT2D eigenvalue weighted by Crippen LogP contribution is -2.47. The molecule has 8 heterocycles. The Balaban J connectivity index is 0.000000157. The number of pyridine rings is 4. The third kappa shape index (κ3) is 8.91. The molecule has 0 bridgehead atoms. The van der Waals surface area contributed by atoms with Crippen molar-refractivity contribution < 1.29 is 4.79 Å². The maximum absolute atomic E-state index is 12.8. The number of anilines is 2. The molecule has 0 radical (unpaired) electrons. The topological polar surface area (TPSA) is 158 Å². The summed E-state index contributed by atoms with van der Waals surface area (Å²) in [5.41, 5.74) is 15.2. The largest absolute Gasteiger partial charge is 0.399 e. The van der Waals surface area contributed by atoms with E-state index in [2.05, 4.69) is 65.4 Å². The zero-order valence-electron chi connectivity index (χ0n) is 29.3. The summed E-state index contributed by atoms with van der Waals surface area (Å²) in [4.78, 5) is 31.2. The summed E-state index contributed by atoms with van der Waals surface area (Å²) in [5, 5.41) is 16.1. The molecule has 15 heteroatoms. The third-order valence-corrected chi connectivity index (χ3v) is 9.04. The van der Waals surface area contributed by atoms with Gasteiger partial charge in [0.05, 0.1) is 60.8 Å². The van der Waals surface area contributed by atoms with Gasteiger partial charge in [0.1, 0.15) is 10.3 Å². The van der Waals surface area contributed by atoms with E-state index in [1.807, 2.05) is 55.3 Å². The van der Waals surface area contributed by atoms with E-state index in [-0.39, 0.29) is 12.1 Å². The molecule has 6 aromatic heterocycles. The predicted molar refractivity (Wildman–Crippen MR) is 204 cm³/mol. The second kappa shape index (κ2) is 16.3. The van der Waals surface area contributed by atoms with Crippen LogP contribution in [0.15, 0.2) is 85.7 Å². The van der Waals surface area contributed by atoms with Crippen molar-refractivity contribution in [2.45, 2.75) is 66.0 Å². The van der Waals surface area contributed by atoms with Gasteiger partial charge in [-0.25, -0.2) is 14.8 Å². The number of nitrogens with zero attached hydrogens (tertiary/aromatic N) is 9. The van der Waals surface area contributed by atoms with Crippen LogP contribution in [-0.4, -0.2) is 62.5 Å². The van der Waals surface area contributed by atoms with E-state index in [4.69, 9.17) is 28.9 Å². The Kier molecular flexibility index (Phi) is 11.4. The third-order valence-electron chi connectivity index (χ3n) is 8.62. The van der Waals surface area contributed by atoms with E-state index in [0.717, 1.165) is 46.9 Å². The predicted octanol–water partition coefficient (Wildman–Crippen LogP) is 6.80. The number of amides is 2. The molecule has 6 aromatic rings. The van der Waals surface area contributed by atoms with Crippen molar-refractivity contribution in [3.05, 3.63) is 119 Å². The van der Waals surface area contributed by atoms with Crippen LogP contribution < -0.4 is 16.4 Å². The fraction of sp³-hybridized carbons (Fsp3) is 0.270. The number of nitrogens with one attached hydrogen (secondary N) is 2. The summed E-state index contributed by atoms with van der Waals surface area (Å²) in [6.07, 6.45) is 10.5. The Morgan fingerprint density at radius 1 is 0.788 bits per heavy atom. The molecule has 2 atom stereocenters. The van der Waals surface area contributed by atoms with Crippen LogP contribution in [0.4, 0.5) is 16.2 Å². The molecule has 0 saturated carbocycles. The van der Waals surface area contributed by atoms with E-state index in [1.54, 1.807) is 47.8 Å². The van der Waals surface area contributed by atoms with Gasteiger partial charge in [0, 0.05) is 59.9 Å². The highest BCUT2D eigenvalue weighted by atomic mass is 35.5. The van der Waals surface area contributed by atoms with E-state index < -0.39 is 0 Å². The number of rotatable bonds is 3. The molecule has 2 aliphatic rings. The molecular formula is C37H40Cl2N12O. The fourth-order valence-electron chi connectivity index (χ4n) is 5.91. The zero-order chi connectivity index (χ0) is 36.8. The van der Waals surface area contributed by atoms with Crippen molar-refractivity contribution in [2.24, 2.45) is 0 Å². The number of carbonyl (C=O) groups is 1. The first-order valence-electron chi connectivity index (χ1n) is 16.8. The zero-order valence-corrected chi connectivity index (χ0v) is 30.8. The van der Waals surface area contributed by atoms with Gasteiger partial charge in [-0.05, 0) is 87.4 Å². The molecule has 4 N–H and O–H groups in total. The lowest BCUT2D eigenvalue weighted by molar-refractivity contribution is 0.162. The van der Waals surface area contributed by atoms with Gasteiger partial charge in [-0.3, -0.25) is 19.3 Å². The summed E-state index contributed by atoms with van der Waals surface area (Å²) in [7, 11) is 0. The number of carbonyl (C=O) groups excluding carboxylic acids is 1. The molecule has 0 spiro atoms. The van der Waals surface area contributed by atoms with E-state index in [0.29, 0.717) is 40.8 Å². The van der Waals surface area contributed by atoms with Crippen molar-refractivity contribution >= 4 is 40.6 Å². The van der Waals surface area contributed by atoms with Gasteiger partial charge < -0.3 is 21.3 Å². The van der Waals surface area contributed by atoms with Gasteiger partial charge in [0.15, 0.2) is 0 Å². The van der Waals surface area contributed by atoms with Gasteiger partial charge >= 0.3 is 6.03 Å². The highest BCUT2D eigenvalue weighted by molar-refractivity contribution is 6.29. The first kappa shape index (κ1) is 36.4. The molecule has 2 unspecified atom stereocenters. The molecule has 0 aliphatic carbocycles. The minimum absolute atomic E-state index is 0.00743. The molecule has 0 fully saturated rings. The van der Waals surface area contributed by atoms with Crippen molar-refractivity contribution in [2.75, 3.05) is 11.1 Å². The van der Waals surface area contributed by atoms with Crippen LogP contribution in [0.5, 0.6) is 0 Å². The summed E-state index contributed by atoms with van der Waals surface area (Å²) in [5.74, 6) is 0. The average Bonchev–Trinajstić information content (AvgIpc) is 3.72. The summed E-state index contributed by atoms with van der Waals surface area (Å²) >= 11 is 11.4. The highest BCUT2D eigenvalue weighted by Crippen LogP contribution is 2.29. The molecule has 268 valence electrons. The molecule has 0 aromatic carbocycles. The average molecular weight is 740 g/mol. The normalized spacial score (nSPS) is 16.0. The van der Waals surface area contributed by atoms with Gasteiger partial charge in [-0.2, -0.15) is 10.2 Å². The molecule has 0 saturated heterocycles. The number of fused-ring (bicyclic) bond motifs is 2. The van der Waals surface area contributed by atoms with Gasteiger partial charge in [0.2, 0.25) is 0 Å².